The van der Waals surface area contributed by atoms with Crippen molar-refractivity contribution in [3.63, 3.8) is 0 Å². The Labute approximate surface area is 89.6 Å². The van der Waals surface area contributed by atoms with Crippen molar-refractivity contribution in [3.05, 3.63) is 42.5 Å². The molecular formula is C12H16O3. The van der Waals surface area contributed by atoms with Crippen LogP contribution in [-0.4, -0.2) is 23.9 Å². The Hall–Kier alpha value is -1.32. The van der Waals surface area contributed by atoms with Crippen molar-refractivity contribution in [3.8, 4) is 5.75 Å². The SMILES string of the molecule is C=CCC(O)(CO)c1ccc(OC)cc1. The molecule has 0 aliphatic carbocycles. The van der Waals surface area contributed by atoms with Crippen LogP contribution in [0.3, 0.4) is 0 Å². The van der Waals surface area contributed by atoms with E-state index in [1.165, 1.54) is 0 Å². The molecule has 2 N–H and O–H groups in total. The highest BCUT2D eigenvalue weighted by molar-refractivity contribution is 5.31. The first-order valence-electron chi connectivity index (χ1n) is 4.75. The second-order valence-electron chi connectivity index (χ2n) is 3.41. The molecule has 0 bridgehead atoms. The molecule has 0 radical (unpaired) electrons. The van der Waals surface area contributed by atoms with E-state index in [9.17, 15) is 5.11 Å². The molecule has 3 heteroatoms. The average molecular weight is 208 g/mol. The van der Waals surface area contributed by atoms with Gasteiger partial charge >= 0.3 is 0 Å². The van der Waals surface area contributed by atoms with Gasteiger partial charge in [0.2, 0.25) is 0 Å². The topological polar surface area (TPSA) is 49.7 Å². The van der Waals surface area contributed by atoms with Crippen LogP contribution in [0, 0.1) is 0 Å². The molecule has 82 valence electrons. The molecule has 1 aromatic carbocycles. The molecule has 1 rings (SSSR count). The molecule has 0 aromatic heterocycles. The minimum atomic E-state index is -1.24. The highest BCUT2D eigenvalue weighted by Gasteiger charge is 2.26. The number of aliphatic hydroxyl groups is 2. The second-order valence-corrected chi connectivity index (χ2v) is 3.41. The quantitative estimate of drug-likeness (QED) is 0.720. The van der Waals surface area contributed by atoms with E-state index >= 15 is 0 Å². The summed E-state index contributed by atoms with van der Waals surface area (Å²) >= 11 is 0. The first kappa shape index (κ1) is 11.8. The first-order chi connectivity index (χ1) is 7.16. The predicted molar refractivity (Wildman–Crippen MR) is 58.8 cm³/mol. The Bertz CT molecular complexity index is 318. The highest BCUT2D eigenvalue weighted by Crippen LogP contribution is 2.26. The third-order valence-electron chi connectivity index (χ3n) is 2.37. The van der Waals surface area contributed by atoms with Crippen LogP contribution in [0.2, 0.25) is 0 Å². The maximum Gasteiger partial charge on any atom is 0.118 e. The van der Waals surface area contributed by atoms with E-state index in [0.29, 0.717) is 12.0 Å². The molecule has 15 heavy (non-hydrogen) atoms. The van der Waals surface area contributed by atoms with Gasteiger partial charge in [-0.05, 0) is 17.7 Å². The summed E-state index contributed by atoms with van der Waals surface area (Å²) in [6.07, 6.45) is 1.90. The zero-order valence-corrected chi connectivity index (χ0v) is 8.81. The fraction of sp³-hybridized carbons (Fsp3) is 0.333. The van der Waals surface area contributed by atoms with Gasteiger partial charge in [-0.1, -0.05) is 18.2 Å². The van der Waals surface area contributed by atoms with Gasteiger partial charge in [-0.25, -0.2) is 0 Å². The van der Waals surface area contributed by atoms with Gasteiger partial charge in [0.1, 0.15) is 11.4 Å². The Balaban J connectivity index is 2.96. The van der Waals surface area contributed by atoms with Crippen molar-refractivity contribution in [2.75, 3.05) is 13.7 Å². The molecule has 0 aliphatic heterocycles. The van der Waals surface area contributed by atoms with Gasteiger partial charge in [0.25, 0.3) is 0 Å². The van der Waals surface area contributed by atoms with Crippen molar-refractivity contribution < 1.29 is 14.9 Å². The zero-order valence-electron chi connectivity index (χ0n) is 8.81. The van der Waals surface area contributed by atoms with Gasteiger partial charge in [0.05, 0.1) is 13.7 Å². The molecule has 0 saturated heterocycles. The highest BCUT2D eigenvalue weighted by atomic mass is 16.5. The molecule has 0 heterocycles. The molecule has 1 aromatic rings. The number of methoxy groups -OCH3 is 1. The summed E-state index contributed by atoms with van der Waals surface area (Å²) in [6, 6.07) is 6.97. The van der Waals surface area contributed by atoms with E-state index in [2.05, 4.69) is 6.58 Å². The summed E-state index contributed by atoms with van der Waals surface area (Å²) in [5.74, 6) is 0.720. The summed E-state index contributed by atoms with van der Waals surface area (Å²) in [6.45, 7) is 3.23. The minimum absolute atomic E-state index is 0.315. The Morgan fingerprint density at radius 1 is 1.40 bits per heavy atom. The third kappa shape index (κ3) is 2.58. The summed E-state index contributed by atoms with van der Waals surface area (Å²) in [4.78, 5) is 0. The normalized spacial score (nSPS) is 14.3. The number of hydrogen-bond donors (Lipinski definition) is 2. The van der Waals surface area contributed by atoms with Gasteiger partial charge in [0.15, 0.2) is 0 Å². The van der Waals surface area contributed by atoms with Crippen molar-refractivity contribution in [2.24, 2.45) is 0 Å². The van der Waals surface area contributed by atoms with Crippen LogP contribution in [0.4, 0.5) is 0 Å². The lowest BCUT2D eigenvalue weighted by Crippen LogP contribution is -2.29. The van der Waals surface area contributed by atoms with Crippen molar-refractivity contribution in [1.29, 1.82) is 0 Å². The van der Waals surface area contributed by atoms with E-state index in [4.69, 9.17) is 9.84 Å². The van der Waals surface area contributed by atoms with Gasteiger partial charge in [-0.3, -0.25) is 0 Å². The smallest absolute Gasteiger partial charge is 0.118 e. The lowest BCUT2D eigenvalue weighted by molar-refractivity contribution is -0.0164. The number of hydrogen-bond acceptors (Lipinski definition) is 3. The monoisotopic (exact) mass is 208 g/mol. The average Bonchev–Trinajstić information content (AvgIpc) is 2.29. The van der Waals surface area contributed by atoms with Gasteiger partial charge in [-0.15, -0.1) is 6.58 Å². The Kier molecular flexibility index (Phi) is 3.88. The van der Waals surface area contributed by atoms with Crippen LogP contribution < -0.4 is 4.74 Å². The Morgan fingerprint density at radius 3 is 2.40 bits per heavy atom. The van der Waals surface area contributed by atoms with Crippen LogP contribution in [-0.2, 0) is 5.60 Å². The number of ether oxygens (including phenoxy) is 1. The van der Waals surface area contributed by atoms with Gasteiger partial charge < -0.3 is 14.9 Å². The summed E-state index contributed by atoms with van der Waals surface area (Å²) < 4.78 is 5.01. The van der Waals surface area contributed by atoms with E-state index in [1.807, 2.05) is 0 Å². The maximum absolute atomic E-state index is 10.1. The first-order valence-corrected chi connectivity index (χ1v) is 4.75. The van der Waals surface area contributed by atoms with Crippen molar-refractivity contribution >= 4 is 0 Å². The van der Waals surface area contributed by atoms with Crippen LogP contribution in [0.1, 0.15) is 12.0 Å². The predicted octanol–water partition coefficient (Wildman–Crippen LogP) is 1.45. The van der Waals surface area contributed by atoms with E-state index < -0.39 is 5.60 Å². The molecule has 3 nitrogen and oxygen atoms in total. The lowest BCUT2D eigenvalue weighted by atomic mass is 9.91. The zero-order chi connectivity index (χ0) is 11.3. The van der Waals surface area contributed by atoms with Gasteiger partial charge in [-0.2, -0.15) is 0 Å². The molecule has 0 fully saturated rings. The molecule has 0 saturated carbocycles. The number of rotatable bonds is 5. The minimum Gasteiger partial charge on any atom is -0.497 e. The van der Waals surface area contributed by atoms with Crippen molar-refractivity contribution in [1.82, 2.24) is 0 Å². The van der Waals surface area contributed by atoms with Crippen LogP contribution in [0.15, 0.2) is 36.9 Å². The molecule has 1 atom stereocenters. The Morgan fingerprint density at radius 2 is 2.00 bits per heavy atom. The van der Waals surface area contributed by atoms with Gasteiger partial charge in [0, 0.05) is 6.42 Å². The molecule has 0 aliphatic rings. The molecule has 0 spiro atoms. The van der Waals surface area contributed by atoms with E-state index in [0.717, 1.165) is 5.75 Å². The number of benzene rings is 1. The fourth-order valence-electron chi connectivity index (χ4n) is 1.41. The summed E-state index contributed by atoms with van der Waals surface area (Å²) in [7, 11) is 1.58. The summed E-state index contributed by atoms with van der Waals surface area (Å²) in [5.41, 5.74) is -0.584. The molecule has 0 amide bonds. The third-order valence-corrected chi connectivity index (χ3v) is 2.37. The maximum atomic E-state index is 10.1. The lowest BCUT2D eigenvalue weighted by Gasteiger charge is -2.25. The van der Waals surface area contributed by atoms with E-state index in [-0.39, 0.29) is 6.61 Å². The largest absolute Gasteiger partial charge is 0.497 e. The van der Waals surface area contributed by atoms with E-state index in [1.54, 1.807) is 37.5 Å². The van der Waals surface area contributed by atoms with Crippen LogP contribution >= 0.6 is 0 Å². The molecule has 1 unspecified atom stereocenters. The van der Waals surface area contributed by atoms with Crippen LogP contribution in [0.25, 0.3) is 0 Å². The number of aliphatic hydroxyl groups excluding tert-OH is 1. The second kappa shape index (κ2) is 4.96. The standard InChI is InChI=1S/C12H16O3/c1-3-8-12(14,9-13)10-4-6-11(15-2)7-5-10/h3-7,13-14H,1,8-9H2,2H3. The summed E-state index contributed by atoms with van der Waals surface area (Å²) in [5, 5.41) is 19.3. The molecular weight excluding hydrogens is 192 g/mol. The van der Waals surface area contributed by atoms with Crippen molar-refractivity contribution in [2.45, 2.75) is 12.0 Å². The van der Waals surface area contributed by atoms with Crippen LogP contribution in [0.5, 0.6) is 5.75 Å². The fourth-order valence-corrected chi connectivity index (χ4v) is 1.41.